The lowest BCUT2D eigenvalue weighted by atomic mass is 10.5. The number of carbonyl (C=O) groups excluding carboxylic acids is 1. The Kier molecular flexibility index (Phi) is 2.46. The van der Waals surface area contributed by atoms with Gasteiger partial charge in [-0.15, -0.1) is 10.2 Å². The van der Waals surface area contributed by atoms with Gasteiger partial charge < -0.3 is 11.1 Å². The topological polar surface area (TPSA) is 112 Å². The smallest absolute Gasteiger partial charge is 0.270 e. The zero-order chi connectivity index (χ0) is 11.5. The SMILES string of the molecule is Cn1cc(Nc2ncc(C(N)=O)nn2)cn1. The molecule has 0 bridgehead atoms. The zero-order valence-electron chi connectivity index (χ0n) is 8.45. The first-order valence-corrected chi connectivity index (χ1v) is 4.40. The molecule has 0 aliphatic heterocycles. The predicted octanol–water partition coefficient (Wildman–Crippen LogP) is -0.552. The lowest BCUT2D eigenvalue weighted by molar-refractivity contribution is 0.0994. The van der Waals surface area contributed by atoms with Gasteiger partial charge in [0.1, 0.15) is 0 Å². The van der Waals surface area contributed by atoms with Crippen molar-refractivity contribution in [2.24, 2.45) is 12.8 Å². The number of aryl methyl sites for hydroxylation is 1. The van der Waals surface area contributed by atoms with Gasteiger partial charge in [0.05, 0.1) is 18.1 Å². The fourth-order valence-electron chi connectivity index (χ4n) is 1.06. The van der Waals surface area contributed by atoms with E-state index in [2.05, 4.69) is 25.6 Å². The fourth-order valence-corrected chi connectivity index (χ4v) is 1.06. The largest absolute Gasteiger partial charge is 0.364 e. The summed E-state index contributed by atoms with van der Waals surface area (Å²) in [6, 6.07) is 0. The maximum atomic E-state index is 10.7. The molecule has 0 aliphatic carbocycles. The maximum absolute atomic E-state index is 10.7. The molecule has 8 heteroatoms. The summed E-state index contributed by atoms with van der Waals surface area (Å²) in [6.07, 6.45) is 4.63. The Labute approximate surface area is 90.5 Å². The predicted molar refractivity (Wildman–Crippen MR) is 54.8 cm³/mol. The van der Waals surface area contributed by atoms with E-state index in [-0.39, 0.29) is 11.6 Å². The van der Waals surface area contributed by atoms with E-state index in [4.69, 9.17) is 5.73 Å². The lowest BCUT2D eigenvalue weighted by Crippen LogP contribution is -2.14. The van der Waals surface area contributed by atoms with Crippen LogP contribution in [0.25, 0.3) is 0 Å². The second-order valence-electron chi connectivity index (χ2n) is 3.06. The number of nitrogens with zero attached hydrogens (tertiary/aromatic N) is 5. The van der Waals surface area contributed by atoms with Crippen LogP contribution in [0.1, 0.15) is 10.5 Å². The third-order valence-electron chi connectivity index (χ3n) is 1.78. The Hall–Kier alpha value is -2.51. The minimum atomic E-state index is -0.659. The molecule has 0 aliphatic rings. The molecule has 0 saturated carbocycles. The van der Waals surface area contributed by atoms with Crippen LogP contribution in [-0.4, -0.2) is 30.9 Å². The molecule has 16 heavy (non-hydrogen) atoms. The van der Waals surface area contributed by atoms with Gasteiger partial charge in [0.15, 0.2) is 5.69 Å². The lowest BCUT2D eigenvalue weighted by Gasteiger charge is -1.99. The Bertz CT molecular complexity index is 503. The van der Waals surface area contributed by atoms with Crippen molar-refractivity contribution in [1.82, 2.24) is 25.0 Å². The van der Waals surface area contributed by atoms with Crippen LogP contribution >= 0.6 is 0 Å². The first-order valence-electron chi connectivity index (χ1n) is 4.40. The van der Waals surface area contributed by atoms with Crippen LogP contribution in [0, 0.1) is 0 Å². The first kappa shape index (κ1) is 10.0. The standard InChI is InChI=1S/C8H9N7O/c1-15-4-5(2-11-15)12-8-10-3-6(7(9)16)13-14-8/h2-4H,1H3,(H2,9,16)(H,10,12,14). The number of nitrogens with two attached hydrogens (primary N) is 1. The number of nitrogens with one attached hydrogen (secondary N) is 1. The third kappa shape index (κ3) is 2.11. The summed E-state index contributed by atoms with van der Waals surface area (Å²) < 4.78 is 1.63. The minimum absolute atomic E-state index is 0.0248. The van der Waals surface area contributed by atoms with Crippen LogP contribution in [-0.2, 0) is 7.05 Å². The number of carbonyl (C=O) groups is 1. The van der Waals surface area contributed by atoms with Gasteiger partial charge in [0.25, 0.3) is 5.91 Å². The molecule has 82 valence electrons. The summed E-state index contributed by atoms with van der Waals surface area (Å²) in [5.41, 5.74) is 5.76. The van der Waals surface area contributed by atoms with Crippen molar-refractivity contribution in [3.8, 4) is 0 Å². The Balaban J connectivity index is 2.14. The quantitative estimate of drug-likeness (QED) is 0.716. The second kappa shape index (κ2) is 3.93. The van der Waals surface area contributed by atoms with Crippen molar-refractivity contribution in [3.63, 3.8) is 0 Å². The third-order valence-corrected chi connectivity index (χ3v) is 1.78. The molecule has 1 amide bonds. The van der Waals surface area contributed by atoms with Gasteiger partial charge in [-0.1, -0.05) is 0 Å². The molecule has 0 radical (unpaired) electrons. The van der Waals surface area contributed by atoms with E-state index in [0.717, 1.165) is 5.69 Å². The van der Waals surface area contributed by atoms with Gasteiger partial charge in [-0.3, -0.25) is 9.48 Å². The van der Waals surface area contributed by atoms with E-state index in [1.807, 2.05) is 0 Å². The van der Waals surface area contributed by atoms with Gasteiger partial charge >= 0.3 is 0 Å². The molecule has 2 aromatic rings. The van der Waals surface area contributed by atoms with Crippen molar-refractivity contribution in [2.75, 3.05) is 5.32 Å². The van der Waals surface area contributed by atoms with Crippen LogP contribution in [0.5, 0.6) is 0 Å². The number of rotatable bonds is 3. The molecule has 0 fully saturated rings. The van der Waals surface area contributed by atoms with E-state index in [1.54, 1.807) is 24.1 Å². The molecular weight excluding hydrogens is 210 g/mol. The summed E-state index contributed by atoms with van der Waals surface area (Å²) in [7, 11) is 1.79. The van der Waals surface area contributed by atoms with Gasteiger partial charge in [-0.2, -0.15) is 5.10 Å². The van der Waals surface area contributed by atoms with E-state index >= 15 is 0 Å². The number of aromatic nitrogens is 5. The summed E-state index contributed by atoms with van der Waals surface area (Å²) in [6.45, 7) is 0. The molecule has 0 unspecified atom stereocenters. The molecular formula is C8H9N7O. The molecule has 0 spiro atoms. The van der Waals surface area contributed by atoms with Gasteiger partial charge in [0.2, 0.25) is 5.95 Å². The molecule has 2 heterocycles. The van der Waals surface area contributed by atoms with Crippen molar-refractivity contribution < 1.29 is 4.79 Å². The number of hydrogen-bond donors (Lipinski definition) is 2. The van der Waals surface area contributed by atoms with Gasteiger partial charge in [-0.25, -0.2) is 4.98 Å². The average molecular weight is 219 g/mol. The molecule has 2 aromatic heterocycles. The molecule has 8 nitrogen and oxygen atoms in total. The Morgan fingerprint density at radius 3 is 2.75 bits per heavy atom. The summed E-state index contributed by atoms with van der Waals surface area (Å²) in [5, 5.41) is 14.1. The second-order valence-corrected chi connectivity index (χ2v) is 3.06. The molecule has 2 rings (SSSR count). The molecule has 0 atom stereocenters. The first-order chi connectivity index (χ1) is 7.65. The molecule has 0 saturated heterocycles. The zero-order valence-corrected chi connectivity index (χ0v) is 8.45. The van der Waals surface area contributed by atoms with Crippen LogP contribution < -0.4 is 11.1 Å². The normalized spacial score (nSPS) is 10.1. The van der Waals surface area contributed by atoms with E-state index < -0.39 is 5.91 Å². The van der Waals surface area contributed by atoms with E-state index in [9.17, 15) is 4.79 Å². The molecule has 0 aromatic carbocycles. The maximum Gasteiger partial charge on any atom is 0.270 e. The summed E-state index contributed by atoms with van der Waals surface area (Å²) in [5.74, 6) is -0.383. The average Bonchev–Trinajstić information content (AvgIpc) is 2.65. The van der Waals surface area contributed by atoms with Crippen LogP contribution in [0.3, 0.4) is 0 Å². The van der Waals surface area contributed by atoms with Crippen LogP contribution in [0.4, 0.5) is 11.6 Å². The highest BCUT2D eigenvalue weighted by Gasteiger charge is 2.05. The van der Waals surface area contributed by atoms with Crippen molar-refractivity contribution >= 4 is 17.5 Å². The highest BCUT2D eigenvalue weighted by atomic mass is 16.1. The van der Waals surface area contributed by atoms with Crippen molar-refractivity contribution in [3.05, 3.63) is 24.3 Å². The summed E-state index contributed by atoms with van der Waals surface area (Å²) >= 11 is 0. The van der Waals surface area contributed by atoms with E-state index in [1.165, 1.54) is 6.20 Å². The molecule has 3 N–H and O–H groups in total. The fraction of sp³-hybridized carbons (Fsp3) is 0.125. The van der Waals surface area contributed by atoms with Crippen LogP contribution in [0.15, 0.2) is 18.6 Å². The highest BCUT2D eigenvalue weighted by molar-refractivity contribution is 5.90. The van der Waals surface area contributed by atoms with Crippen molar-refractivity contribution in [1.29, 1.82) is 0 Å². The van der Waals surface area contributed by atoms with Gasteiger partial charge in [0, 0.05) is 13.2 Å². The van der Waals surface area contributed by atoms with E-state index in [0.29, 0.717) is 0 Å². The Morgan fingerprint density at radius 2 is 2.25 bits per heavy atom. The summed E-state index contributed by atoms with van der Waals surface area (Å²) in [4.78, 5) is 14.6. The number of amides is 1. The number of hydrogen-bond acceptors (Lipinski definition) is 6. The minimum Gasteiger partial charge on any atom is -0.364 e. The highest BCUT2D eigenvalue weighted by Crippen LogP contribution is 2.09. The van der Waals surface area contributed by atoms with Gasteiger partial charge in [-0.05, 0) is 0 Å². The van der Waals surface area contributed by atoms with Crippen molar-refractivity contribution in [2.45, 2.75) is 0 Å². The van der Waals surface area contributed by atoms with Crippen LogP contribution in [0.2, 0.25) is 0 Å². The number of primary amides is 1. The monoisotopic (exact) mass is 219 g/mol. The number of anilines is 2. The Morgan fingerprint density at radius 1 is 1.44 bits per heavy atom.